The molecular weight excluding hydrogens is 414 g/mol. The van der Waals surface area contributed by atoms with Crippen LogP contribution in [-0.4, -0.2) is 24.7 Å². The summed E-state index contributed by atoms with van der Waals surface area (Å²) in [5, 5.41) is 9.31. The van der Waals surface area contributed by atoms with Crippen LogP contribution in [0.15, 0.2) is 39.2 Å². The van der Waals surface area contributed by atoms with Gasteiger partial charge in [0.05, 0.1) is 18.2 Å². The number of nitrogens with zero attached hydrogens (tertiary/aromatic N) is 2. The van der Waals surface area contributed by atoms with Gasteiger partial charge in [-0.05, 0) is 34.1 Å². The molecule has 1 aromatic heterocycles. The molecule has 0 spiro atoms. The maximum Gasteiger partial charge on any atom is 0.387 e. The maximum atomic E-state index is 12.6. The third kappa shape index (κ3) is 3.23. The van der Waals surface area contributed by atoms with Crippen LogP contribution in [0.3, 0.4) is 0 Å². The number of benzene rings is 2. The predicted octanol–water partition coefficient (Wildman–Crippen LogP) is 4.52. The highest BCUT2D eigenvalue weighted by atomic mass is 79.9. The fraction of sp³-hybridized carbons (Fsp3) is 0.118. The first-order chi connectivity index (χ1) is 12.4. The number of alkyl halides is 2. The minimum absolute atomic E-state index is 0.0999. The van der Waals surface area contributed by atoms with Crippen molar-refractivity contribution < 1.29 is 27.5 Å². The van der Waals surface area contributed by atoms with Gasteiger partial charge in [-0.25, -0.2) is 9.78 Å². The summed E-state index contributed by atoms with van der Waals surface area (Å²) in [6.07, 6.45) is 0. The van der Waals surface area contributed by atoms with Crippen LogP contribution < -0.4 is 4.74 Å². The molecular formula is C17H9BrF2N2O4. The molecule has 0 atom stereocenters. The van der Waals surface area contributed by atoms with Gasteiger partial charge in [-0.3, -0.25) is 0 Å². The highest BCUT2D eigenvalue weighted by Crippen LogP contribution is 2.34. The van der Waals surface area contributed by atoms with E-state index in [0.29, 0.717) is 15.6 Å². The smallest absolute Gasteiger partial charge is 0.387 e. The van der Waals surface area contributed by atoms with Crippen LogP contribution >= 0.6 is 15.9 Å². The van der Waals surface area contributed by atoms with Gasteiger partial charge in [0.25, 0.3) is 0 Å². The summed E-state index contributed by atoms with van der Waals surface area (Å²) in [6.45, 7) is -3.13. The number of oxazole rings is 1. The number of carbonyl (C=O) groups excluding carboxylic acids is 1. The number of fused-ring (bicyclic) bond motifs is 1. The summed E-state index contributed by atoms with van der Waals surface area (Å²) in [5.41, 5.74) is 0.846. The van der Waals surface area contributed by atoms with Gasteiger partial charge in [0.15, 0.2) is 5.58 Å². The Balaban J connectivity index is 2.19. The van der Waals surface area contributed by atoms with Crippen molar-refractivity contribution in [1.29, 1.82) is 5.26 Å². The molecule has 0 saturated heterocycles. The zero-order valence-electron chi connectivity index (χ0n) is 13.1. The van der Waals surface area contributed by atoms with Gasteiger partial charge < -0.3 is 13.9 Å². The van der Waals surface area contributed by atoms with Gasteiger partial charge in [-0.15, -0.1) is 0 Å². The van der Waals surface area contributed by atoms with Gasteiger partial charge in [0.1, 0.15) is 22.9 Å². The van der Waals surface area contributed by atoms with E-state index in [-0.39, 0.29) is 22.6 Å². The lowest BCUT2D eigenvalue weighted by atomic mass is 10.1. The molecule has 0 radical (unpaired) electrons. The van der Waals surface area contributed by atoms with Gasteiger partial charge >= 0.3 is 12.6 Å². The van der Waals surface area contributed by atoms with E-state index < -0.39 is 18.3 Å². The van der Waals surface area contributed by atoms with E-state index in [1.54, 1.807) is 18.2 Å². The Morgan fingerprint density at radius 3 is 2.81 bits per heavy atom. The van der Waals surface area contributed by atoms with Gasteiger partial charge in [0.2, 0.25) is 5.89 Å². The second kappa shape index (κ2) is 7.09. The molecule has 0 aliphatic rings. The lowest BCUT2D eigenvalue weighted by molar-refractivity contribution is -0.0503. The summed E-state index contributed by atoms with van der Waals surface area (Å²) < 4.78 is 40.3. The molecule has 0 amide bonds. The first-order valence-electron chi connectivity index (χ1n) is 7.11. The first-order valence-corrected chi connectivity index (χ1v) is 7.90. The second-order valence-electron chi connectivity index (χ2n) is 4.98. The average Bonchev–Trinajstić information content (AvgIpc) is 3.02. The standard InChI is InChI=1S/C17H9BrF2N2O4/c1-24-16(23)9-5-12-14(6-13(9)26-17(19)20)25-15(22-12)8-3-2-4-11(18)10(8)7-21/h2-6,17H,1H3. The fourth-order valence-electron chi connectivity index (χ4n) is 2.35. The summed E-state index contributed by atoms with van der Waals surface area (Å²) in [7, 11) is 1.12. The van der Waals surface area contributed by atoms with Crippen LogP contribution in [0.4, 0.5) is 8.78 Å². The Bertz CT molecular complexity index is 1040. The number of hydrogen-bond acceptors (Lipinski definition) is 6. The van der Waals surface area contributed by atoms with E-state index >= 15 is 0 Å². The number of methoxy groups -OCH3 is 1. The molecule has 0 saturated carbocycles. The van der Waals surface area contributed by atoms with E-state index in [1.807, 2.05) is 6.07 Å². The van der Waals surface area contributed by atoms with Crippen molar-refractivity contribution in [2.24, 2.45) is 0 Å². The van der Waals surface area contributed by atoms with E-state index in [4.69, 9.17) is 4.42 Å². The average molecular weight is 423 g/mol. The summed E-state index contributed by atoms with van der Waals surface area (Å²) in [6, 6.07) is 9.42. The molecule has 9 heteroatoms. The van der Waals surface area contributed by atoms with Crippen LogP contribution in [0.25, 0.3) is 22.6 Å². The van der Waals surface area contributed by atoms with Crippen LogP contribution in [0.5, 0.6) is 5.75 Å². The van der Waals surface area contributed by atoms with Gasteiger partial charge in [-0.1, -0.05) is 6.07 Å². The zero-order chi connectivity index (χ0) is 18.8. The molecule has 26 heavy (non-hydrogen) atoms. The lowest BCUT2D eigenvalue weighted by Gasteiger charge is -2.08. The molecule has 0 bridgehead atoms. The molecule has 3 aromatic rings. The Morgan fingerprint density at radius 2 is 2.15 bits per heavy atom. The van der Waals surface area contributed by atoms with Crippen molar-refractivity contribution in [1.82, 2.24) is 4.98 Å². The van der Waals surface area contributed by atoms with Crippen LogP contribution in [0.1, 0.15) is 15.9 Å². The first kappa shape index (κ1) is 17.8. The van der Waals surface area contributed by atoms with Gasteiger partial charge in [-0.2, -0.15) is 14.0 Å². The lowest BCUT2D eigenvalue weighted by Crippen LogP contribution is -2.09. The van der Waals surface area contributed by atoms with E-state index in [9.17, 15) is 18.8 Å². The molecule has 0 N–H and O–H groups in total. The Labute approximate surface area is 154 Å². The molecule has 1 heterocycles. The van der Waals surface area contributed by atoms with Crippen LogP contribution in [-0.2, 0) is 4.74 Å². The fourth-order valence-corrected chi connectivity index (χ4v) is 2.80. The Kier molecular flexibility index (Phi) is 4.86. The van der Waals surface area contributed by atoms with Crippen molar-refractivity contribution in [3.8, 4) is 23.3 Å². The minimum Gasteiger partial charge on any atom is -0.465 e. The molecule has 0 aliphatic heterocycles. The number of hydrogen-bond donors (Lipinski definition) is 0. The summed E-state index contributed by atoms with van der Waals surface area (Å²) in [5.74, 6) is -1.15. The Morgan fingerprint density at radius 1 is 1.38 bits per heavy atom. The predicted molar refractivity (Wildman–Crippen MR) is 89.8 cm³/mol. The molecule has 132 valence electrons. The number of ether oxygens (including phenoxy) is 2. The second-order valence-corrected chi connectivity index (χ2v) is 5.83. The molecule has 6 nitrogen and oxygen atoms in total. The quantitative estimate of drug-likeness (QED) is 0.574. The van der Waals surface area contributed by atoms with Crippen molar-refractivity contribution in [3.05, 3.63) is 45.9 Å². The van der Waals surface area contributed by atoms with E-state index in [1.165, 1.54) is 6.07 Å². The van der Waals surface area contributed by atoms with Crippen LogP contribution in [0.2, 0.25) is 0 Å². The van der Waals surface area contributed by atoms with Crippen molar-refractivity contribution >= 4 is 33.0 Å². The van der Waals surface area contributed by atoms with E-state index in [0.717, 1.165) is 13.2 Å². The maximum absolute atomic E-state index is 12.6. The van der Waals surface area contributed by atoms with Gasteiger partial charge in [0, 0.05) is 10.5 Å². The normalized spacial score (nSPS) is 10.8. The SMILES string of the molecule is COC(=O)c1cc2nc(-c3cccc(Br)c3C#N)oc2cc1OC(F)F. The van der Waals surface area contributed by atoms with Crippen molar-refractivity contribution in [2.75, 3.05) is 7.11 Å². The van der Waals surface area contributed by atoms with Crippen LogP contribution in [0, 0.1) is 11.3 Å². The number of halogens is 3. The number of esters is 1. The monoisotopic (exact) mass is 422 g/mol. The molecule has 0 aliphatic carbocycles. The molecule has 3 rings (SSSR count). The summed E-state index contributed by atoms with van der Waals surface area (Å²) in [4.78, 5) is 16.1. The topological polar surface area (TPSA) is 85.4 Å². The highest BCUT2D eigenvalue weighted by molar-refractivity contribution is 9.10. The third-order valence-corrected chi connectivity index (χ3v) is 4.13. The molecule has 0 fully saturated rings. The van der Waals surface area contributed by atoms with Crippen molar-refractivity contribution in [2.45, 2.75) is 6.61 Å². The largest absolute Gasteiger partial charge is 0.465 e. The Hall–Kier alpha value is -2.99. The third-order valence-electron chi connectivity index (χ3n) is 3.47. The summed E-state index contributed by atoms with van der Waals surface area (Å²) >= 11 is 3.27. The zero-order valence-corrected chi connectivity index (χ0v) is 14.7. The number of rotatable bonds is 4. The number of carbonyl (C=O) groups is 1. The van der Waals surface area contributed by atoms with E-state index in [2.05, 4.69) is 30.4 Å². The highest BCUT2D eigenvalue weighted by Gasteiger charge is 2.21. The minimum atomic E-state index is -3.13. The number of aromatic nitrogens is 1. The molecule has 0 unspecified atom stereocenters. The van der Waals surface area contributed by atoms with Crippen molar-refractivity contribution in [3.63, 3.8) is 0 Å². The molecule has 2 aromatic carbocycles. The number of nitriles is 1.